The van der Waals surface area contributed by atoms with E-state index in [0.717, 1.165) is 25.2 Å². The third-order valence-corrected chi connectivity index (χ3v) is 2.38. The fourth-order valence-electron chi connectivity index (χ4n) is 1.83. The van der Waals surface area contributed by atoms with Crippen LogP contribution in [0.3, 0.4) is 0 Å². The van der Waals surface area contributed by atoms with E-state index in [4.69, 9.17) is 10.5 Å². The summed E-state index contributed by atoms with van der Waals surface area (Å²) in [6.45, 7) is 2.86. The van der Waals surface area contributed by atoms with Gasteiger partial charge in [-0.3, -0.25) is 0 Å². The van der Waals surface area contributed by atoms with Crippen molar-refractivity contribution < 1.29 is 4.74 Å². The number of fused-ring (bicyclic) bond motifs is 1. The molecule has 70 valence electrons. The van der Waals surface area contributed by atoms with Crippen molar-refractivity contribution in [3.8, 4) is 5.75 Å². The van der Waals surface area contributed by atoms with Gasteiger partial charge in [-0.05, 0) is 25.0 Å². The van der Waals surface area contributed by atoms with Gasteiger partial charge in [0.15, 0.2) is 0 Å². The van der Waals surface area contributed by atoms with Gasteiger partial charge in [-0.2, -0.15) is 0 Å². The third-order valence-electron chi connectivity index (χ3n) is 2.38. The van der Waals surface area contributed by atoms with Gasteiger partial charge in [0.05, 0.1) is 6.61 Å². The normalized spacial score (nSPS) is 16.5. The van der Waals surface area contributed by atoms with Crippen molar-refractivity contribution in [2.75, 3.05) is 6.61 Å². The van der Waals surface area contributed by atoms with Crippen LogP contribution in [-0.4, -0.2) is 12.6 Å². The Morgan fingerprint density at radius 2 is 2.38 bits per heavy atom. The van der Waals surface area contributed by atoms with Gasteiger partial charge in [-0.25, -0.2) is 0 Å². The minimum Gasteiger partial charge on any atom is -0.493 e. The molecular weight excluding hydrogens is 162 g/mol. The Balaban J connectivity index is 2.30. The molecule has 0 saturated carbocycles. The Labute approximate surface area is 78.7 Å². The minimum atomic E-state index is 0.229. The van der Waals surface area contributed by atoms with Crippen LogP contribution < -0.4 is 10.5 Å². The number of hydrogen-bond donors (Lipinski definition) is 1. The Bertz CT molecular complexity index is 307. The molecule has 0 radical (unpaired) electrons. The highest BCUT2D eigenvalue weighted by Gasteiger charge is 2.15. The maximum absolute atomic E-state index is 5.78. The van der Waals surface area contributed by atoms with E-state index < -0.39 is 0 Å². The van der Waals surface area contributed by atoms with Gasteiger partial charge < -0.3 is 10.5 Å². The standard InChI is InChI=1S/C11H15NO/c1-8(12)7-9-3-2-4-11-10(9)5-6-13-11/h2-4,8H,5-7,12H2,1H3. The lowest BCUT2D eigenvalue weighted by Gasteiger charge is -2.08. The highest BCUT2D eigenvalue weighted by Crippen LogP contribution is 2.28. The van der Waals surface area contributed by atoms with E-state index >= 15 is 0 Å². The Morgan fingerprint density at radius 1 is 1.54 bits per heavy atom. The zero-order valence-corrected chi connectivity index (χ0v) is 7.92. The summed E-state index contributed by atoms with van der Waals surface area (Å²) < 4.78 is 5.48. The lowest BCUT2D eigenvalue weighted by molar-refractivity contribution is 0.357. The molecule has 1 unspecified atom stereocenters. The zero-order valence-electron chi connectivity index (χ0n) is 7.92. The molecule has 2 N–H and O–H groups in total. The van der Waals surface area contributed by atoms with E-state index in [1.165, 1.54) is 11.1 Å². The molecule has 1 aromatic carbocycles. The fourth-order valence-corrected chi connectivity index (χ4v) is 1.83. The zero-order chi connectivity index (χ0) is 9.26. The van der Waals surface area contributed by atoms with Crippen LogP contribution >= 0.6 is 0 Å². The van der Waals surface area contributed by atoms with Crippen molar-refractivity contribution in [3.63, 3.8) is 0 Å². The highest BCUT2D eigenvalue weighted by molar-refractivity contribution is 5.43. The summed E-state index contributed by atoms with van der Waals surface area (Å²) in [7, 11) is 0. The van der Waals surface area contributed by atoms with Crippen LogP contribution in [0.4, 0.5) is 0 Å². The summed E-state index contributed by atoms with van der Waals surface area (Å²) in [4.78, 5) is 0. The van der Waals surface area contributed by atoms with Crippen LogP contribution in [0.2, 0.25) is 0 Å². The molecule has 0 saturated heterocycles. The number of hydrogen-bond acceptors (Lipinski definition) is 2. The first-order valence-corrected chi connectivity index (χ1v) is 4.76. The van der Waals surface area contributed by atoms with Crippen LogP contribution in [0.15, 0.2) is 18.2 Å². The molecule has 0 amide bonds. The summed E-state index contributed by atoms with van der Waals surface area (Å²) in [5.74, 6) is 1.05. The van der Waals surface area contributed by atoms with Crippen molar-refractivity contribution in [1.29, 1.82) is 0 Å². The maximum atomic E-state index is 5.78. The van der Waals surface area contributed by atoms with E-state index in [2.05, 4.69) is 6.07 Å². The van der Waals surface area contributed by atoms with Crippen LogP contribution in [0.25, 0.3) is 0 Å². The molecule has 0 spiro atoms. The van der Waals surface area contributed by atoms with E-state index in [0.29, 0.717) is 0 Å². The molecule has 13 heavy (non-hydrogen) atoms. The molecule has 2 rings (SSSR count). The van der Waals surface area contributed by atoms with Gasteiger partial charge in [-0.15, -0.1) is 0 Å². The molecule has 1 heterocycles. The van der Waals surface area contributed by atoms with Crippen LogP contribution in [0.5, 0.6) is 5.75 Å². The smallest absolute Gasteiger partial charge is 0.122 e. The van der Waals surface area contributed by atoms with E-state index in [-0.39, 0.29) is 6.04 Å². The first kappa shape index (κ1) is 8.57. The lowest BCUT2D eigenvalue weighted by Crippen LogP contribution is -2.18. The number of benzene rings is 1. The fraction of sp³-hybridized carbons (Fsp3) is 0.455. The second kappa shape index (κ2) is 3.38. The molecule has 0 aliphatic carbocycles. The summed E-state index contributed by atoms with van der Waals surface area (Å²) in [6.07, 6.45) is 1.99. The van der Waals surface area contributed by atoms with Gasteiger partial charge in [0.1, 0.15) is 5.75 Å². The van der Waals surface area contributed by atoms with Gasteiger partial charge in [-0.1, -0.05) is 12.1 Å². The molecule has 1 atom stereocenters. The van der Waals surface area contributed by atoms with Gasteiger partial charge in [0.25, 0.3) is 0 Å². The molecule has 0 fully saturated rings. The average molecular weight is 177 g/mol. The first-order chi connectivity index (χ1) is 6.27. The largest absolute Gasteiger partial charge is 0.493 e. The molecule has 2 heteroatoms. The quantitative estimate of drug-likeness (QED) is 0.743. The van der Waals surface area contributed by atoms with Crippen LogP contribution in [-0.2, 0) is 12.8 Å². The van der Waals surface area contributed by atoms with Crippen molar-refractivity contribution >= 4 is 0 Å². The summed E-state index contributed by atoms with van der Waals surface area (Å²) in [5.41, 5.74) is 8.49. The van der Waals surface area contributed by atoms with Gasteiger partial charge >= 0.3 is 0 Å². The average Bonchev–Trinajstić information content (AvgIpc) is 2.51. The molecule has 0 aromatic heterocycles. The molecular formula is C11H15NO. The Hall–Kier alpha value is -1.02. The molecule has 2 nitrogen and oxygen atoms in total. The second-order valence-electron chi connectivity index (χ2n) is 3.67. The minimum absolute atomic E-state index is 0.229. The molecule has 0 bridgehead atoms. The summed E-state index contributed by atoms with van der Waals surface area (Å²) in [5, 5.41) is 0. The highest BCUT2D eigenvalue weighted by atomic mass is 16.5. The van der Waals surface area contributed by atoms with Gasteiger partial charge in [0, 0.05) is 18.0 Å². The molecule has 1 aliphatic rings. The summed E-state index contributed by atoms with van der Waals surface area (Å²) in [6, 6.07) is 6.46. The Kier molecular flexibility index (Phi) is 2.23. The van der Waals surface area contributed by atoms with Crippen molar-refractivity contribution in [2.24, 2.45) is 5.73 Å². The number of rotatable bonds is 2. The van der Waals surface area contributed by atoms with Crippen molar-refractivity contribution in [1.82, 2.24) is 0 Å². The predicted octanol–water partition coefficient (Wildman–Crippen LogP) is 1.51. The van der Waals surface area contributed by atoms with Crippen LogP contribution in [0.1, 0.15) is 18.1 Å². The SMILES string of the molecule is CC(N)Cc1cccc2c1CCO2. The third kappa shape index (κ3) is 1.68. The lowest BCUT2D eigenvalue weighted by atomic mass is 10.00. The molecule has 1 aliphatic heterocycles. The second-order valence-corrected chi connectivity index (χ2v) is 3.67. The molecule has 1 aromatic rings. The number of ether oxygens (including phenoxy) is 1. The van der Waals surface area contributed by atoms with E-state index in [1.54, 1.807) is 0 Å². The van der Waals surface area contributed by atoms with E-state index in [9.17, 15) is 0 Å². The topological polar surface area (TPSA) is 35.2 Å². The maximum Gasteiger partial charge on any atom is 0.122 e. The predicted molar refractivity (Wildman–Crippen MR) is 53.0 cm³/mol. The van der Waals surface area contributed by atoms with Crippen LogP contribution in [0, 0.1) is 0 Å². The number of nitrogens with two attached hydrogens (primary N) is 1. The summed E-state index contributed by atoms with van der Waals surface area (Å²) >= 11 is 0. The van der Waals surface area contributed by atoms with E-state index in [1.807, 2.05) is 19.1 Å². The van der Waals surface area contributed by atoms with Crippen molar-refractivity contribution in [3.05, 3.63) is 29.3 Å². The monoisotopic (exact) mass is 177 g/mol. The first-order valence-electron chi connectivity index (χ1n) is 4.76. The van der Waals surface area contributed by atoms with Crippen molar-refractivity contribution in [2.45, 2.75) is 25.8 Å². The Morgan fingerprint density at radius 3 is 3.15 bits per heavy atom. The van der Waals surface area contributed by atoms with Gasteiger partial charge in [0.2, 0.25) is 0 Å².